The lowest BCUT2D eigenvalue weighted by Gasteiger charge is -2.01. The normalized spacial score (nSPS) is 12.2. The van der Waals surface area contributed by atoms with Crippen LogP contribution in [0.5, 0.6) is 11.5 Å². The van der Waals surface area contributed by atoms with Crippen LogP contribution in [0.4, 0.5) is 0 Å². The quantitative estimate of drug-likeness (QED) is 0.749. The third-order valence-electron chi connectivity index (χ3n) is 3.71. The Kier molecular flexibility index (Phi) is 3.70. The summed E-state index contributed by atoms with van der Waals surface area (Å²) in [5.74, 6) is 1.39. The van der Waals surface area contributed by atoms with Gasteiger partial charge in [-0.2, -0.15) is 0 Å². The molecule has 1 aliphatic heterocycles. The first-order valence-electron chi connectivity index (χ1n) is 7.52. The number of aromatic amines is 1. The van der Waals surface area contributed by atoms with Gasteiger partial charge in [0.05, 0.1) is 6.54 Å². The van der Waals surface area contributed by atoms with E-state index >= 15 is 0 Å². The number of benzene rings is 1. The van der Waals surface area contributed by atoms with E-state index in [-0.39, 0.29) is 18.9 Å². The summed E-state index contributed by atoms with van der Waals surface area (Å²) in [7, 11) is 0. The molecule has 1 amide bonds. The minimum atomic E-state index is -0.477. The van der Waals surface area contributed by atoms with Crippen molar-refractivity contribution >= 4 is 5.91 Å². The number of hydrogen-bond acceptors (Lipinski definition) is 6. The number of H-pyrrole nitrogens is 1. The zero-order valence-electron chi connectivity index (χ0n) is 12.9. The number of carbonyl (C=O) groups is 1. The lowest BCUT2D eigenvalue weighted by Crippen LogP contribution is -2.28. The molecule has 0 atom stereocenters. The van der Waals surface area contributed by atoms with Crippen molar-refractivity contribution in [3.63, 3.8) is 0 Å². The van der Waals surface area contributed by atoms with Crippen LogP contribution in [0, 0.1) is 0 Å². The lowest BCUT2D eigenvalue weighted by molar-refractivity contribution is 0.0948. The minimum Gasteiger partial charge on any atom is -0.454 e. The molecular formula is C17H13N3O5. The Balaban J connectivity index is 1.46. The molecule has 1 aromatic carbocycles. The Morgan fingerprint density at radius 1 is 1.20 bits per heavy atom. The molecule has 2 N–H and O–H groups in total. The van der Waals surface area contributed by atoms with Crippen molar-refractivity contribution in [2.24, 2.45) is 0 Å². The molecule has 3 aromatic rings. The maximum absolute atomic E-state index is 12.0. The molecule has 8 heteroatoms. The highest BCUT2D eigenvalue weighted by Gasteiger charge is 2.16. The summed E-state index contributed by atoms with van der Waals surface area (Å²) < 4.78 is 15.9. The zero-order valence-corrected chi connectivity index (χ0v) is 12.9. The Bertz CT molecular complexity index is 992. The number of ether oxygens (including phenoxy) is 2. The van der Waals surface area contributed by atoms with Gasteiger partial charge in [0.2, 0.25) is 6.79 Å². The largest absolute Gasteiger partial charge is 0.454 e. The first kappa shape index (κ1) is 15.0. The first-order valence-corrected chi connectivity index (χ1v) is 7.52. The van der Waals surface area contributed by atoms with Gasteiger partial charge in [-0.1, -0.05) is 5.16 Å². The summed E-state index contributed by atoms with van der Waals surface area (Å²) in [5.41, 5.74) is 0.922. The molecule has 0 unspecified atom stereocenters. The number of aromatic nitrogens is 2. The van der Waals surface area contributed by atoms with E-state index in [1.165, 1.54) is 12.3 Å². The smallest absolute Gasteiger partial charge is 0.260 e. The summed E-state index contributed by atoms with van der Waals surface area (Å²) in [5, 5.41) is 6.56. The highest BCUT2D eigenvalue weighted by molar-refractivity contribution is 5.93. The van der Waals surface area contributed by atoms with E-state index in [1.54, 1.807) is 24.3 Å². The van der Waals surface area contributed by atoms with Crippen LogP contribution in [0.1, 0.15) is 16.1 Å². The molecule has 1 aliphatic rings. The van der Waals surface area contributed by atoms with E-state index in [1.807, 2.05) is 6.07 Å². The Hall–Kier alpha value is -3.55. The van der Waals surface area contributed by atoms with Gasteiger partial charge < -0.3 is 24.3 Å². The molecule has 0 fully saturated rings. The SMILES string of the molecule is O=C(NCc1cc(-c2ccc3c(c2)OCO3)on1)c1ccc[nH]c1=O. The van der Waals surface area contributed by atoms with Crippen LogP contribution in [0.3, 0.4) is 0 Å². The topological polar surface area (TPSA) is 106 Å². The van der Waals surface area contributed by atoms with Gasteiger partial charge in [-0.05, 0) is 30.3 Å². The summed E-state index contributed by atoms with van der Waals surface area (Å²) in [6.45, 7) is 0.340. The lowest BCUT2D eigenvalue weighted by atomic mass is 10.1. The molecule has 3 heterocycles. The molecule has 0 aliphatic carbocycles. The van der Waals surface area contributed by atoms with E-state index in [0.29, 0.717) is 23.0 Å². The number of nitrogens with zero attached hydrogens (tertiary/aromatic N) is 1. The Morgan fingerprint density at radius 2 is 2.08 bits per heavy atom. The Labute approximate surface area is 141 Å². The van der Waals surface area contributed by atoms with Crippen molar-refractivity contribution < 1.29 is 18.8 Å². The van der Waals surface area contributed by atoms with Crippen LogP contribution >= 0.6 is 0 Å². The summed E-state index contributed by atoms with van der Waals surface area (Å²) >= 11 is 0. The monoisotopic (exact) mass is 339 g/mol. The molecule has 2 aromatic heterocycles. The maximum Gasteiger partial charge on any atom is 0.260 e. The average molecular weight is 339 g/mol. The molecule has 0 bridgehead atoms. The minimum absolute atomic E-state index is 0.0435. The van der Waals surface area contributed by atoms with Crippen LogP contribution in [0.15, 0.2) is 51.9 Å². The molecule has 0 saturated carbocycles. The summed E-state index contributed by atoms with van der Waals surface area (Å²) in [4.78, 5) is 26.1. The van der Waals surface area contributed by atoms with E-state index in [4.69, 9.17) is 14.0 Å². The summed E-state index contributed by atoms with van der Waals surface area (Å²) in [6.07, 6.45) is 1.47. The fourth-order valence-corrected chi connectivity index (χ4v) is 2.45. The third kappa shape index (κ3) is 2.97. The molecule has 8 nitrogen and oxygen atoms in total. The molecule has 0 spiro atoms. The van der Waals surface area contributed by atoms with Crippen LogP contribution in [-0.4, -0.2) is 22.8 Å². The van der Waals surface area contributed by atoms with Crippen LogP contribution in [0.2, 0.25) is 0 Å². The average Bonchev–Trinajstić information content (AvgIpc) is 3.28. The van der Waals surface area contributed by atoms with Gasteiger partial charge in [-0.15, -0.1) is 0 Å². The van der Waals surface area contributed by atoms with Crippen LogP contribution in [0.25, 0.3) is 11.3 Å². The van der Waals surface area contributed by atoms with E-state index in [9.17, 15) is 9.59 Å². The van der Waals surface area contributed by atoms with Crippen molar-refractivity contribution in [1.82, 2.24) is 15.5 Å². The second kappa shape index (κ2) is 6.16. The van der Waals surface area contributed by atoms with E-state index in [2.05, 4.69) is 15.5 Å². The highest BCUT2D eigenvalue weighted by atomic mass is 16.7. The molecule has 0 saturated heterocycles. The fourth-order valence-electron chi connectivity index (χ4n) is 2.45. The van der Waals surface area contributed by atoms with Crippen molar-refractivity contribution in [3.05, 3.63) is 64.2 Å². The Morgan fingerprint density at radius 3 is 2.96 bits per heavy atom. The van der Waals surface area contributed by atoms with Crippen molar-refractivity contribution in [2.75, 3.05) is 6.79 Å². The number of nitrogens with one attached hydrogen (secondary N) is 2. The number of hydrogen-bond donors (Lipinski definition) is 2. The standard InChI is InChI=1S/C17H13N3O5/c21-16-12(2-1-5-18-16)17(22)19-8-11-7-14(25-20-11)10-3-4-13-15(6-10)24-9-23-13/h1-7H,8-9H2,(H,18,21)(H,19,22). The van der Waals surface area contributed by atoms with Crippen LogP contribution in [-0.2, 0) is 6.54 Å². The highest BCUT2D eigenvalue weighted by Crippen LogP contribution is 2.35. The van der Waals surface area contributed by atoms with Gasteiger partial charge in [0.15, 0.2) is 17.3 Å². The van der Waals surface area contributed by atoms with Crippen molar-refractivity contribution in [1.29, 1.82) is 0 Å². The second-order valence-corrected chi connectivity index (χ2v) is 5.35. The van der Waals surface area contributed by atoms with E-state index in [0.717, 1.165) is 5.56 Å². The van der Waals surface area contributed by atoms with Gasteiger partial charge in [0, 0.05) is 17.8 Å². The van der Waals surface area contributed by atoms with Gasteiger partial charge >= 0.3 is 0 Å². The van der Waals surface area contributed by atoms with Crippen molar-refractivity contribution in [2.45, 2.75) is 6.54 Å². The molecule has 25 heavy (non-hydrogen) atoms. The number of pyridine rings is 1. The molecular weight excluding hydrogens is 326 g/mol. The number of fused-ring (bicyclic) bond motifs is 1. The number of amides is 1. The third-order valence-corrected chi connectivity index (χ3v) is 3.71. The van der Waals surface area contributed by atoms with Crippen LogP contribution < -0.4 is 20.3 Å². The van der Waals surface area contributed by atoms with E-state index < -0.39 is 11.5 Å². The predicted octanol–water partition coefficient (Wildman–Crippen LogP) is 1.69. The zero-order chi connectivity index (χ0) is 17.2. The predicted molar refractivity (Wildman–Crippen MR) is 86.3 cm³/mol. The fraction of sp³-hybridized carbons (Fsp3) is 0.118. The van der Waals surface area contributed by atoms with Gasteiger partial charge in [0.1, 0.15) is 11.3 Å². The molecule has 0 radical (unpaired) electrons. The van der Waals surface area contributed by atoms with Crippen molar-refractivity contribution in [3.8, 4) is 22.8 Å². The van der Waals surface area contributed by atoms with Gasteiger partial charge in [-0.3, -0.25) is 9.59 Å². The van der Waals surface area contributed by atoms with Gasteiger partial charge in [-0.25, -0.2) is 0 Å². The molecule has 4 rings (SSSR count). The molecule has 126 valence electrons. The number of carbonyl (C=O) groups excluding carboxylic acids is 1. The van der Waals surface area contributed by atoms with Gasteiger partial charge in [0.25, 0.3) is 11.5 Å². The second-order valence-electron chi connectivity index (χ2n) is 5.35. The maximum atomic E-state index is 12.0. The summed E-state index contributed by atoms with van der Waals surface area (Å²) in [6, 6.07) is 10.2. The first-order chi connectivity index (χ1) is 12.2. The number of rotatable bonds is 4.